The van der Waals surface area contributed by atoms with Gasteiger partial charge in [0.05, 0.1) is 25.0 Å². The summed E-state index contributed by atoms with van der Waals surface area (Å²) in [5, 5.41) is 2.89. The van der Waals surface area contributed by atoms with E-state index in [0.717, 1.165) is 0 Å². The Morgan fingerprint density at radius 3 is 2.43 bits per heavy atom. The van der Waals surface area contributed by atoms with Crippen molar-refractivity contribution < 1.29 is 14.3 Å². The van der Waals surface area contributed by atoms with Gasteiger partial charge in [-0.25, -0.2) is 0 Å². The Kier molecular flexibility index (Phi) is 5.02. The van der Waals surface area contributed by atoms with E-state index in [1.54, 1.807) is 24.5 Å². The Labute approximate surface area is 135 Å². The zero-order chi connectivity index (χ0) is 16.1. The normalized spacial score (nSPS) is 24.3. The minimum Gasteiger partial charge on any atom is -0.378 e. The summed E-state index contributed by atoms with van der Waals surface area (Å²) in [6, 6.07) is 3.49. The smallest absolute Gasteiger partial charge is 0.228 e. The molecule has 6 nitrogen and oxygen atoms in total. The molecule has 0 radical (unpaired) electrons. The number of nitrogens with zero attached hydrogens (tertiary/aromatic N) is 2. The van der Waals surface area contributed by atoms with Gasteiger partial charge in [-0.1, -0.05) is 12.2 Å². The zero-order valence-corrected chi connectivity index (χ0v) is 13.0. The first-order valence-corrected chi connectivity index (χ1v) is 7.98. The van der Waals surface area contributed by atoms with Crippen LogP contribution in [0.25, 0.3) is 0 Å². The first-order chi connectivity index (χ1) is 11.3. The summed E-state index contributed by atoms with van der Waals surface area (Å²) >= 11 is 0. The lowest BCUT2D eigenvalue weighted by Crippen LogP contribution is -2.47. The molecule has 1 aliphatic heterocycles. The fourth-order valence-electron chi connectivity index (χ4n) is 3.07. The Hall–Kier alpha value is -2.21. The summed E-state index contributed by atoms with van der Waals surface area (Å²) in [4.78, 5) is 31.1. The quantitative estimate of drug-likeness (QED) is 0.857. The van der Waals surface area contributed by atoms with Crippen molar-refractivity contribution in [2.75, 3.05) is 31.6 Å². The molecule has 1 fully saturated rings. The van der Waals surface area contributed by atoms with E-state index >= 15 is 0 Å². The lowest BCUT2D eigenvalue weighted by molar-refractivity contribution is -0.144. The predicted molar refractivity (Wildman–Crippen MR) is 85.6 cm³/mol. The minimum absolute atomic E-state index is 0.0625. The van der Waals surface area contributed by atoms with E-state index in [9.17, 15) is 9.59 Å². The summed E-state index contributed by atoms with van der Waals surface area (Å²) in [6.07, 6.45) is 8.46. The van der Waals surface area contributed by atoms with E-state index < -0.39 is 0 Å². The maximum Gasteiger partial charge on any atom is 0.228 e. The average molecular weight is 315 g/mol. The Bertz CT molecular complexity index is 582. The summed E-state index contributed by atoms with van der Waals surface area (Å²) in [6.45, 7) is 2.36. The largest absolute Gasteiger partial charge is 0.378 e. The highest BCUT2D eigenvalue weighted by Crippen LogP contribution is 2.29. The Balaban J connectivity index is 1.69. The number of rotatable bonds is 3. The molecule has 6 heteroatoms. The van der Waals surface area contributed by atoms with Gasteiger partial charge < -0.3 is 15.0 Å². The second-order valence-corrected chi connectivity index (χ2v) is 5.82. The van der Waals surface area contributed by atoms with Crippen LogP contribution in [0.2, 0.25) is 0 Å². The molecule has 122 valence electrons. The van der Waals surface area contributed by atoms with Crippen LogP contribution in [0.4, 0.5) is 5.69 Å². The number of anilines is 1. The van der Waals surface area contributed by atoms with Gasteiger partial charge in [0.15, 0.2) is 0 Å². The van der Waals surface area contributed by atoms with Crippen molar-refractivity contribution >= 4 is 17.5 Å². The van der Waals surface area contributed by atoms with Crippen LogP contribution in [0.3, 0.4) is 0 Å². The summed E-state index contributed by atoms with van der Waals surface area (Å²) in [7, 11) is 0. The Morgan fingerprint density at radius 1 is 1.09 bits per heavy atom. The fourth-order valence-corrected chi connectivity index (χ4v) is 3.07. The van der Waals surface area contributed by atoms with E-state index in [2.05, 4.69) is 10.3 Å². The van der Waals surface area contributed by atoms with E-state index in [1.165, 1.54) is 0 Å². The van der Waals surface area contributed by atoms with Gasteiger partial charge in [0.2, 0.25) is 11.8 Å². The van der Waals surface area contributed by atoms with Crippen LogP contribution in [0.1, 0.15) is 12.8 Å². The summed E-state index contributed by atoms with van der Waals surface area (Å²) in [5.41, 5.74) is 0.706. The molecule has 0 saturated carbocycles. The highest BCUT2D eigenvalue weighted by atomic mass is 16.5. The van der Waals surface area contributed by atoms with Crippen molar-refractivity contribution in [3.8, 4) is 0 Å². The lowest BCUT2D eigenvalue weighted by Gasteiger charge is -2.34. The topological polar surface area (TPSA) is 71.5 Å². The molecule has 2 unspecified atom stereocenters. The number of amides is 2. The summed E-state index contributed by atoms with van der Waals surface area (Å²) < 4.78 is 5.30. The molecule has 0 bridgehead atoms. The van der Waals surface area contributed by atoms with Gasteiger partial charge in [-0.15, -0.1) is 0 Å². The van der Waals surface area contributed by atoms with Crippen LogP contribution in [0.5, 0.6) is 0 Å². The van der Waals surface area contributed by atoms with Gasteiger partial charge in [-0.05, 0) is 25.0 Å². The average Bonchev–Trinajstić information content (AvgIpc) is 2.62. The first-order valence-electron chi connectivity index (χ1n) is 7.98. The van der Waals surface area contributed by atoms with Crippen LogP contribution in [-0.2, 0) is 14.3 Å². The van der Waals surface area contributed by atoms with Gasteiger partial charge >= 0.3 is 0 Å². The number of aromatic nitrogens is 1. The van der Waals surface area contributed by atoms with Crippen LogP contribution < -0.4 is 5.32 Å². The van der Waals surface area contributed by atoms with Gasteiger partial charge in [-0.2, -0.15) is 0 Å². The molecular weight excluding hydrogens is 294 g/mol. The molecule has 0 aromatic carbocycles. The first kappa shape index (κ1) is 15.7. The van der Waals surface area contributed by atoms with Crippen molar-refractivity contribution in [3.05, 3.63) is 36.7 Å². The van der Waals surface area contributed by atoms with Crippen molar-refractivity contribution in [1.82, 2.24) is 9.88 Å². The van der Waals surface area contributed by atoms with Crippen LogP contribution in [-0.4, -0.2) is 48.0 Å². The molecule has 2 heterocycles. The number of hydrogen-bond acceptors (Lipinski definition) is 4. The van der Waals surface area contributed by atoms with Gasteiger partial charge in [0.1, 0.15) is 0 Å². The maximum atomic E-state index is 12.8. The third kappa shape index (κ3) is 3.76. The second-order valence-electron chi connectivity index (χ2n) is 5.82. The maximum absolute atomic E-state index is 12.8. The molecule has 1 aromatic heterocycles. The third-order valence-electron chi connectivity index (χ3n) is 4.36. The number of allylic oxidation sites excluding steroid dienone is 2. The molecule has 2 amide bonds. The fraction of sp³-hybridized carbons (Fsp3) is 0.471. The molecule has 2 aliphatic rings. The van der Waals surface area contributed by atoms with Crippen molar-refractivity contribution in [1.29, 1.82) is 0 Å². The highest BCUT2D eigenvalue weighted by molar-refractivity contribution is 5.96. The van der Waals surface area contributed by atoms with Gasteiger partial charge in [0.25, 0.3) is 0 Å². The van der Waals surface area contributed by atoms with E-state index in [4.69, 9.17) is 4.74 Å². The zero-order valence-electron chi connectivity index (χ0n) is 13.0. The number of hydrogen-bond donors (Lipinski definition) is 1. The number of pyridine rings is 1. The monoisotopic (exact) mass is 315 g/mol. The number of nitrogens with one attached hydrogen (secondary N) is 1. The van der Waals surface area contributed by atoms with Gasteiger partial charge in [0, 0.05) is 31.2 Å². The molecule has 2 atom stereocenters. The third-order valence-corrected chi connectivity index (χ3v) is 4.36. The molecule has 3 rings (SSSR count). The number of carbonyl (C=O) groups excluding carboxylic acids is 2. The van der Waals surface area contributed by atoms with Gasteiger partial charge in [-0.3, -0.25) is 14.6 Å². The second kappa shape index (κ2) is 7.37. The highest BCUT2D eigenvalue weighted by Gasteiger charge is 2.36. The van der Waals surface area contributed by atoms with Crippen LogP contribution >= 0.6 is 0 Å². The van der Waals surface area contributed by atoms with E-state index in [-0.39, 0.29) is 23.7 Å². The van der Waals surface area contributed by atoms with Crippen molar-refractivity contribution in [3.63, 3.8) is 0 Å². The lowest BCUT2D eigenvalue weighted by atomic mass is 9.81. The van der Waals surface area contributed by atoms with Crippen molar-refractivity contribution in [2.24, 2.45) is 11.8 Å². The Morgan fingerprint density at radius 2 is 1.74 bits per heavy atom. The predicted octanol–water partition coefficient (Wildman–Crippen LogP) is 1.46. The molecule has 1 N–H and O–H groups in total. The standard InChI is InChI=1S/C17H21N3O3/c21-16(19-13-5-7-18-8-6-13)14-3-1-2-4-15(14)17(22)20-9-11-23-12-10-20/h1-2,5-8,14-15H,3-4,9-12H2,(H,18,19,21). The van der Waals surface area contributed by atoms with Crippen LogP contribution in [0, 0.1) is 11.8 Å². The molecule has 0 spiro atoms. The van der Waals surface area contributed by atoms with Crippen molar-refractivity contribution in [2.45, 2.75) is 12.8 Å². The molecular formula is C17H21N3O3. The molecule has 1 saturated heterocycles. The van der Waals surface area contributed by atoms with E-state index in [0.29, 0.717) is 44.8 Å². The molecule has 23 heavy (non-hydrogen) atoms. The minimum atomic E-state index is -0.330. The number of carbonyl (C=O) groups is 2. The number of morpholine rings is 1. The molecule has 1 aromatic rings. The van der Waals surface area contributed by atoms with E-state index in [1.807, 2.05) is 17.1 Å². The SMILES string of the molecule is O=C(Nc1ccncc1)C1CC=CCC1C(=O)N1CCOCC1. The van der Waals surface area contributed by atoms with Crippen LogP contribution in [0.15, 0.2) is 36.7 Å². The summed E-state index contributed by atoms with van der Waals surface area (Å²) in [5.74, 6) is -0.664. The number of ether oxygens (including phenoxy) is 1. The molecule has 1 aliphatic carbocycles.